The van der Waals surface area contributed by atoms with E-state index in [-0.39, 0.29) is 17.9 Å². The lowest BCUT2D eigenvalue weighted by Crippen LogP contribution is -2.30. The van der Waals surface area contributed by atoms with E-state index in [2.05, 4.69) is 20.9 Å². The van der Waals surface area contributed by atoms with Gasteiger partial charge in [0.15, 0.2) is 5.11 Å². The number of methoxy groups -OCH3 is 1. The fraction of sp³-hybridized carbons (Fsp3) is 0.120. The molecule has 1 aliphatic heterocycles. The molecular weight excluding hydrogens is 423 g/mol. The van der Waals surface area contributed by atoms with E-state index >= 15 is 0 Å². The molecule has 1 saturated heterocycles. The molecule has 2 aromatic heterocycles. The number of anilines is 1. The molecule has 0 saturated carbocycles. The van der Waals surface area contributed by atoms with E-state index < -0.39 is 0 Å². The van der Waals surface area contributed by atoms with E-state index in [1.54, 1.807) is 25.4 Å². The second-order valence-corrected chi connectivity index (χ2v) is 7.83. The van der Waals surface area contributed by atoms with Gasteiger partial charge < -0.3 is 19.5 Å². The maximum absolute atomic E-state index is 13.7. The van der Waals surface area contributed by atoms with E-state index in [0.717, 1.165) is 28.5 Å². The first-order valence-electron chi connectivity index (χ1n) is 10.2. The Kier molecular flexibility index (Phi) is 5.33. The third-order valence-corrected chi connectivity index (χ3v) is 5.95. The molecule has 0 amide bonds. The van der Waals surface area contributed by atoms with Gasteiger partial charge in [-0.2, -0.15) is 0 Å². The molecule has 1 fully saturated rings. The maximum atomic E-state index is 13.7. The molecule has 2 atom stereocenters. The summed E-state index contributed by atoms with van der Waals surface area (Å²) < 4.78 is 21.4. The summed E-state index contributed by atoms with van der Waals surface area (Å²) in [6.45, 7) is 0. The molecule has 0 spiro atoms. The minimum atomic E-state index is -0.290. The highest BCUT2D eigenvalue weighted by Gasteiger charge is 2.42. The molecule has 0 radical (unpaired) electrons. The van der Waals surface area contributed by atoms with Crippen LogP contribution < -0.4 is 15.0 Å². The van der Waals surface area contributed by atoms with Crippen molar-refractivity contribution in [1.29, 1.82) is 0 Å². The highest BCUT2D eigenvalue weighted by molar-refractivity contribution is 7.80. The Balaban J connectivity index is 1.68. The summed E-state index contributed by atoms with van der Waals surface area (Å²) in [7, 11) is 1.66. The van der Waals surface area contributed by atoms with Gasteiger partial charge in [-0.15, -0.1) is 0 Å². The fourth-order valence-electron chi connectivity index (χ4n) is 4.22. The van der Waals surface area contributed by atoms with E-state index in [0.29, 0.717) is 5.11 Å². The first-order chi connectivity index (χ1) is 15.7. The van der Waals surface area contributed by atoms with Gasteiger partial charge in [0.05, 0.1) is 24.5 Å². The number of nitrogens with one attached hydrogen (secondary N) is 1. The third-order valence-electron chi connectivity index (χ3n) is 5.63. The van der Waals surface area contributed by atoms with Crippen LogP contribution in [-0.2, 0) is 0 Å². The Morgan fingerprint density at radius 3 is 2.50 bits per heavy atom. The van der Waals surface area contributed by atoms with Crippen LogP contribution in [0.5, 0.6) is 5.75 Å². The second kappa shape index (κ2) is 8.43. The van der Waals surface area contributed by atoms with Crippen LogP contribution in [0.2, 0.25) is 0 Å². The van der Waals surface area contributed by atoms with Gasteiger partial charge in [-0.05, 0) is 72.9 Å². The fourth-order valence-corrected chi connectivity index (χ4v) is 4.56. The van der Waals surface area contributed by atoms with Crippen LogP contribution in [0.15, 0.2) is 91.3 Å². The Morgan fingerprint density at radius 1 is 0.969 bits per heavy atom. The number of aromatic nitrogens is 2. The predicted molar refractivity (Wildman–Crippen MR) is 127 cm³/mol. The largest absolute Gasteiger partial charge is 0.495 e. The number of nitrogens with zero attached hydrogens (tertiary/aromatic N) is 3. The topological polar surface area (TPSA) is 42.3 Å². The van der Waals surface area contributed by atoms with Crippen molar-refractivity contribution in [3.8, 4) is 11.4 Å². The Hall–Kier alpha value is -3.71. The molecule has 0 aliphatic carbocycles. The second-order valence-electron chi connectivity index (χ2n) is 7.45. The molecule has 4 aromatic rings. The van der Waals surface area contributed by atoms with Gasteiger partial charge in [0.25, 0.3) is 0 Å². The zero-order valence-corrected chi connectivity index (χ0v) is 18.2. The van der Waals surface area contributed by atoms with E-state index in [4.69, 9.17) is 17.0 Å². The zero-order chi connectivity index (χ0) is 22.1. The van der Waals surface area contributed by atoms with Crippen LogP contribution in [0, 0.1) is 5.82 Å². The lowest BCUT2D eigenvalue weighted by molar-refractivity contribution is 0.412. The molecule has 5 rings (SSSR count). The summed E-state index contributed by atoms with van der Waals surface area (Å²) in [6, 6.07) is 23.7. The van der Waals surface area contributed by atoms with Crippen molar-refractivity contribution in [1.82, 2.24) is 14.9 Å². The summed E-state index contributed by atoms with van der Waals surface area (Å²) in [5.74, 6) is 0.475. The average Bonchev–Trinajstić information content (AvgIpc) is 3.44. The lowest BCUT2D eigenvalue weighted by Gasteiger charge is -2.29. The normalized spacial score (nSPS) is 17.9. The van der Waals surface area contributed by atoms with Crippen molar-refractivity contribution >= 4 is 23.0 Å². The van der Waals surface area contributed by atoms with Gasteiger partial charge in [0.1, 0.15) is 17.6 Å². The van der Waals surface area contributed by atoms with Crippen LogP contribution in [0.3, 0.4) is 0 Å². The highest BCUT2D eigenvalue weighted by Crippen LogP contribution is 2.42. The smallest absolute Gasteiger partial charge is 0.174 e. The molecule has 2 unspecified atom stereocenters. The number of para-hydroxylation sites is 2. The predicted octanol–water partition coefficient (Wildman–Crippen LogP) is 5.20. The van der Waals surface area contributed by atoms with Gasteiger partial charge in [-0.1, -0.05) is 18.2 Å². The molecule has 3 heterocycles. The number of pyridine rings is 1. The quantitative estimate of drug-likeness (QED) is 0.429. The highest BCUT2D eigenvalue weighted by atomic mass is 32.1. The summed E-state index contributed by atoms with van der Waals surface area (Å²) in [4.78, 5) is 6.61. The first-order valence-corrected chi connectivity index (χ1v) is 10.6. The molecule has 5 nitrogen and oxygen atoms in total. The van der Waals surface area contributed by atoms with Gasteiger partial charge in [0, 0.05) is 23.8 Å². The first kappa shape index (κ1) is 20.2. The van der Waals surface area contributed by atoms with Crippen LogP contribution in [0.1, 0.15) is 23.5 Å². The SMILES string of the molecule is COc1ccccc1-n1cccc1C1C(c2ccccn2)NC(=S)N1c1ccc(F)cc1. The summed E-state index contributed by atoms with van der Waals surface area (Å²) in [5.41, 5.74) is 3.60. The lowest BCUT2D eigenvalue weighted by atomic mass is 10.0. The molecular formula is C25H21FN4OS. The summed E-state index contributed by atoms with van der Waals surface area (Å²) >= 11 is 5.75. The number of benzene rings is 2. The van der Waals surface area contributed by atoms with Gasteiger partial charge in [-0.3, -0.25) is 4.98 Å². The minimum Gasteiger partial charge on any atom is -0.495 e. The van der Waals surface area contributed by atoms with Crippen molar-refractivity contribution in [3.05, 3.63) is 108 Å². The number of ether oxygens (including phenoxy) is 1. The van der Waals surface area contributed by atoms with Crippen LogP contribution in [0.4, 0.5) is 10.1 Å². The molecule has 1 N–H and O–H groups in total. The number of halogens is 1. The average molecular weight is 445 g/mol. The number of thiocarbonyl (C=S) groups is 1. The molecule has 160 valence electrons. The molecule has 2 aromatic carbocycles. The van der Waals surface area contributed by atoms with Gasteiger partial charge >= 0.3 is 0 Å². The summed E-state index contributed by atoms with van der Waals surface area (Å²) in [5, 5.41) is 4.00. The van der Waals surface area contributed by atoms with Gasteiger partial charge in [0.2, 0.25) is 0 Å². The van der Waals surface area contributed by atoms with Crippen molar-refractivity contribution in [2.24, 2.45) is 0 Å². The van der Waals surface area contributed by atoms with E-state index in [1.165, 1.54) is 12.1 Å². The maximum Gasteiger partial charge on any atom is 0.174 e. The van der Waals surface area contributed by atoms with E-state index in [9.17, 15) is 4.39 Å². The van der Waals surface area contributed by atoms with Gasteiger partial charge in [-0.25, -0.2) is 4.39 Å². The number of rotatable bonds is 5. The van der Waals surface area contributed by atoms with Crippen LogP contribution in [-0.4, -0.2) is 21.8 Å². The van der Waals surface area contributed by atoms with Crippen molar-refractivity contribution in [3.63, 3.8) is 0 Å². The number of hydrogen-bond donors (Lipinski definition) is 1. The van der Waals surface area contributed by atoms with Crippen LogP contribution in [0.25, 0.3) is 5.69 Å². The van der Waals surface area contributed by atoms with E-state index in [1.807, 2.05) is 59.6 Å². The van der Waals surface area contributed by atoms with Crippen molar-refractivity contribution in [2.75, 3.05) is 12.0 Å². The Bertz CT molecular complexity index is 1240. The molecule has 1 aliphatic rings. The Labute approximate surface area is 191 Å². The minimum absolute atomic E-state index is 0.197. The number of hydrogen-bond acceptors (Lipinski definition) is 3. The molecule has 7 heteroatoms. The third kappa shape index (κ3) is 3.50. The van der Waals surface area contributed by atoms with Crippen LogP contribution >= 0.6 is 12.2 Å². The van der Waals surface area contributed by atoms with Crippen molar-refractivity contribution in [2.45, 2.75) is 12.1 Å². The van der Waals surface area contributed by atoms with Crippen molar-refractivity contribution < 1.29 is 9.13 Å². The summed E-state index contributed by atoms with van der Waals surface area (Å²) in [6.07, 6.45) is 3.78. The monoisotopic (exact) mass is 444 g/mol. The zero-order valence-electron chi connectivity index (χ0n) is 17.4. The Morgan fingerprint density at radius 2 is 1.75 bits per heavy atom. The molecule has 0 bridgehead atoms. The molecule has 32 heavy (non-hydrogen) atoms. The standard InChI is InChI=1S/C25H21FN4OS/c1-31-22-10-3-2-8-20(22)29-16-6-9-21(29)24-23(19-7-4-5-15-27-19)28-25(32)30(24)18-13-11-17(26)12-14-18/h2-16,23-24H,1H3,(H,28,32).